The average molecular weight is 475 g/mol. The molecule has 1 amide bonds. The van der Waals surface area contributed by atoms with Crippen molar-refractivity contribution in [2.45, 2.75) is 18.2 Å². The first-order valence-electron chi connectivity index (χ1n) is 10.2. The third-order valence-electron chi connectivity index (χ3n) is 5.32. The summed E-state index contributed by atoms with van der Waals surface area (Å²) in [5.74, 6) is -0.649. The standard InChI is InChI=1S/C22H23FN4O3S2/c1-16-3-8-19(32(29,30)25-18-6-4-17(23)5-7-18)15-20(16)21(28)26-10-2-11-27(13-12-26)22-24-9-14-31-22/h3-9,14-15,25H,2,10-13H2,1H3. The Balaban J connectivity index is 1.53. The van der Waals surface area contributed by atoms with Crippen LogP contribution >= 0.6 is 11.3 Å². The van der Waals surface area contributed by atoms with Gasteiger partial charge >= 0.3 is 0 Å². The van der Waals surface area contributed by atoms with Crippen molar-refractivity contribution in [2.24, 2.45) is 0 Å². The van der Waals surface area contributed by atoms with Crippen LogP contribution in [0, 0.1) is 12.7 Å². The first-order chi connectivity index (χ1) is 15.3. The number of carbonyl (C=O) groups is 1. The highest BCUT2D eigenvalue weighted by Gasteiger charge is 2.24. The molecule has 4 rings (SSSR count). The lowest BCUT2D eigenvalue weighted by Crippen LogP contribution is -2.35. The molecular weight excluding hydrogens is 451 g/mol. The molecule has 1 aliphatic rings. The summed E-state index contributed by atoms with van der Waals surface area (Å²) in [6, 6.07) is 9.55. The smallest absolute Gasteiger partial charge is 0.261 e. The lowest BCUT2D eigenvalue weighted by Gasteiger charge is -2.22. The van der Waals surface area contributed by atoms with Crippen molar-refractivity contribution in [3.63, 3.8) is 0 Å². The van der Waals surface area contributed by atoms with Gasteiger partial charge in [-0.25, -0.2) is 17.8 Å². The topological polar surface area (TPSA) is 82.6 Å². The molecule has 3 aromatic rings. The second-order valence-electron chi connectivity index (χ2n) is 7.54. The number of sulfonamides is 1. The zero-order chi connectivity index (χ0) is 22.7. The van der Waals surface area contributed by atoms with Gasteiger partial charge in [-0.05, 0) is 55.3 Å². The van der Waals surface area contributed by atoms with Gasteiger partial charge in [-0.2, -0.15) is 0 Å². The van der Waals surface area contributed by atoms with Crippen LogP contribution in [-0.4, -0.2) is 50.4 Å². The highest BCUT2D eigenvalue weighted by Crippen LogP contribution is 2.23. The van der Waals surface area contributed by atoms with Crippen LogP contribution < -0.4 is 9.62 Å². The van der Waals surface area contributed by atoms with E-state index < -0.39 is 15.8 Å². The van der Waals surface area contributed by atoms with Crippen molar-refractivity contribution in [3.8, 4) is 0 Å². The summed E-state index contributed by atoms with van der Waals surface area (Å²) >= 11 is 1.57. The fourth-order valence-corrected chi connectivity index (χ4v) is 5.37. The summed E-state index contributed by atoms with van der Waals surface area (Å²) in [6.07, 6.45) is 2.57. The van der Waals surface area contributed by atoms with E-state index in [-0.39, 0.29) is 16.5 Å². The van der Waals surface area contributed by atoms with Crippen LogP contribution in [0.3, 0.4) is 0 Å². The predicted molar refractivity (Wildman–Crippen MR) is 123 cm³/mol. The van der Waals surface area contributed by atoms with E-state index in [1.807, 2.05) is 5.38 Å². The lowest BCUT2D eigenvalue weighted by molar-refractivity contribution is 0.0766. The van der Waals surface area contributed by atoms with Gasteiger partial charge in [-0.15, -0.1) is 11.3 Å². The Labute approximate surface area is 190 Å². The van der Waals surface area contributed by atoms with Crippen LogP contribution in [-0.2, 0) is 10.0 Å². The number of nitrogens with one attached hydrogen (secondary N) is 1. The molecule has 0 saturated carbocycles. The molecule has 168 valence electrons. The molecule has 0 aliphatic carbocycles. The Morgan fingerprint density at radius 3 is 2.59 bits per heavy atom. The number of anilines is 2. The Morgan fingerprint density at radius 1 is 1.09 bits per heavy atom. The normalized spacial score (nSPS) is 14.8. The Hall–Kier alpha value is -2.98. The van der Waals surface area contributed by atoms with E-state index in [1.54, 1.807) is 35.4 Å². The molecule has 0 spiro atoms. The van der Waals surface area contributed by atoms with Gasteiger partial charge in [-0.1, -0.05) is 6.07 Å². The Morgan fingerprint density at radius 2 is 1.88 bits per heavy atom. The van der Waals surface area contributed by atoms with Gasteiger partial charge in [0.05, 0.1) is 4.90 Å². The number of aryl methyl sites for hydroxylation is 1. The summed E-state index contributed by atoms with van der Waals surface area (Å²) in [6.45, 7) is 4.39. The van der Waals surface area contributed by atoms with E-state index in [9.17, 15) is 17.6 Å². The Bertz CT molecular complexity index is 1200. The number of hydrogen-bond donors (Lipinski definition) is 1. The van der Waals surface area contributed by atoms with E-state index >= 15 is 0 Å². The van der Waals surface area contributed by atoms with Gasteiger partial charge in [-0.3, -0.25) is 9.52 Å². The third kappa shape index (κ3) is 4.91. The van der Waals surface area contributed by atoms with Gasteiger partial charge in [0, 0.05) is 49.0 Å². The molecule has 2 heterocycles. The van der Waals surface area contributed by atoms with E-state index in [2.05, 4.69) is 14.6 Å². The summed E-state index contributed by atoms with van der Waals surface area (Å²) in [4.78, 5) is 21.5. The number of halogens is 1. The van der Waals surface area contributed by atoms with Crippen LogP contribution in [0.2, 0.25) is 0 Å². The molecule has 0 atom stereocenters. The molecule has 1 N–H and O–H groups in total. The van der Waals surface area contributed by atoms with Crippen LogP contribution in [0.1, 0.15) is 22.3 Å². The second kappa shape index (κ2) is 9.25. The zero-order valence-corrected chi connectivity index (χ0v) is 19.1. The largest absolute Gasteiger partial charge is 0.346 e. The minimum Gasteiger partial charge on any atom is -0.346 e. The highest BCUT2D eigenvalue weighted by atomic mass is 32.2. The number of aromatic nitrogens is 1. The minimum absolute atomic E-state index is 0.0185. The van der Waals surface area contributed by atoms with Crippen molar-refractivity contribution < 1.29 is 17.6 Å². The van der Waals surface area contributed by atoms with Gasteiger partial charge in [0.15, 0.2) is 5.13 Å². The number of amides is 1. The summed E-state index contributed by atoms with van der Waals surface area (Å²) in [5.41, 5.74) is 1.31. The van der Waals surface area contributed by atoms with Crippen molar-refractivity contribution in [1.29, 1.82) is 0 Å². The van der Waals surface area contributed by atoms with E-state index in [1.165, 1.54) is 36.4 Å². The molecule has 0 radical (unpaired) electrons. The molecule has 1 aromatic heterocycles. The maximum absolute atomic E-state index is 13.3. The lowest BCUT2D eigenvalue weighted by atomic mass is 10.1. The maximum Gasteiger partial charge on any atom is 0.261 e. The van der Waals surface area contributed by atoms with E-state index in [0.29, 0.717) is 30.8 Å². The van der Waals surface area contributed by atoms with Gasteiger partial charge < -0.3 is 9.80 Å². The monoisotopic (exact) mass is 474 g/mol. The number of nitrogens with zero attached hydrogens (tertiary/aromatic N) is 3. The molecular formula is C22H23FN4O3S2. The summed E-state index contributed by atoms with van der Waals surface area (Å²) < 4.78 is 41.2. The van der Waals surface area contributed by atoms with Crippen molar-refractivity contribution in [3.05, 3.63) is 71.0 Å². The molecule has 1 fully saturated rings. The quantitative estimate of drug-likeness (QED) is 0.609. The summed E-state index contributed by atoms with van der Waals surface area (Å²) in [7, 11) is -3.93. The van der Waals surface area contributed by atoms with E-state index in [4.69, 9.17) is 0 Å². The van der Waals surface area contributed by atoms with Crippen LogP contribution in [0.15, 0.2) is 58.9 Å². The third-order valence-corrected chi connectivity index (χ3v) is 7.53. The highest BCUT2D eigenvalue weighted by molar-refractivity contribution is 7.92. The summed E-state index contributed by atoms with van der Waals surface area (Å²) in [5, 5.41) is 2.87. The SMILES string of the molecule is Cc1ccc(S(=O)(=O)Nc2ccc(F)cc2)cc1C(=O)N1CCCN(c2nccs2)CC1. The number of hydrogen-bond acceptors (Lipinski definition) is 6. The first kappa shape index (κ1) is 22.2. The van der Waals surface area contributed by atoms with E-state index in [0.717, 1.165) is 18.1 Å². The number of rotatable bonds is 5. The van der Waals surface area contributed by atoms with Crippen molar-refractivity contribution >= 4 is 38.1 Å². The first-order valence-corrected chi connectivity index (χ1v) is 12.5. The van der Waals surface area contributed by atoms with Gasteiger partial charge in [0.25, 0.3) is 15.9 Å². The number of thiazole rings is 1. The van der Waals surface area contributed by atoms with Crippen LogP contribution in [0.5, 0.6) is 0 Å². The van der Waals surface area contributed by atoms with Crippen molar-refractivity contribution in [2.75, 3.05) is 35.8 Å². The molecule has 1 aliphatic heterocycles. The molecule has 2 aromatic carbocycles. The zero-order valence-electron chi connectivity index (χ0n) is 17.5. The fraction of sp³-hybridized carbons (Fsp3) is 0.273. The van der Waals surface area contributed by atoms with Gasteiger partial charge in [0.1, 0.15) is 5.82 Å². The molecule has 32 heavy (non-hydrogen) atoms. The fourth-order valence-electron chi connectivity index (χ4n) is 3.58. The molecule has 0 unspecified atom stereocenters. The Kier molecular flexibility index (Phi) is 6.43. The minimum atomic E-state index is -3.93. The number of carbonyl (C=O) groups excluding carboxylic acids is 1. The van der Waals surface area contributed by atoms with Crippen LogP contribution in [0.25, 0.3) is 0 Å². The molecule has 1 saturated heterocycles. The average Bonchev–Trinajstić information content (AvgIpc) is 3.19. The van der Waals surface area contributed by atoms with Crippen LogP contribution in [0.4, 0.5) is 15.2 Å². The predicted octanol–water partition coefficient (Wildman–Crippen LogP) is 3.74. The second-order valence-corrected chi connectivity index (χ2v) is 10.1. The molecule has 7 nitrogen and oxygen atoms in total. The van der Waals surface area contributed by atoms with Gasteiger partial charge in [0.2, 0.25) is 0 Å². The molecule has 10 heteroatoms. The van der Waals surface area contributed by atoms with Crippen molar-refractivity contribution in [1.82, 2.24) is 9.88 Å². The molecule has 0 bridgehead atoms. The maximum atomic E-state index is 13.3. The number of benzene rings is 2.